The minimum atomic E-state index is -1.60. The average Bonchev–Trinajstić information content (AvgIpc) is 3.05. The molecule has 0 unspecified atom stereocenters. The Balaban J connectivity index is 3.69. The van der Waals surface area contributed by atoms with Crippen LogP contribution in [0.3, 0.4) is 0 Å². The highest BCUT2D eigenvalue weighted by Gasteiger charge is 2.55. The lowest BCUT2D eigenvalue weighted by molar-refractivity contribution is -0.168. The zero-order valence-electron chi connectivity index (χ0n) is 17.7. The fourth-order valence-corrected chi connectivity index (χ4v) is 9.13. The van der Waals surface area contributed by atoms with E-state index in [9.17, 15) is 9.59 Å². The van der Waals surface area contributed by atoms with Gasteiger partial charge in [0.15, 0.2) is 5.41 Å². The van der Waals surface area contributed by atoms with Crippen molar-refractivity contribution in [3.05, 3.63) is 22.4 Å². The Labute approximate surface area is 160 Å². The van der Waals surface area contributed by atoms with Crippen LogP contribution in [-0.2, 0) is 19.1 Å². The predicted molar refractivity (Wildman–Crippen MR) is 109 cm³/mol. The van der Waals surface area contributed by atoms with Crippen molar-refractivity contribution in [2.75, 3.05) is 14.2 Å². The summed E-state index contributed by atoms with van der Waals surface area (Å²) >= 11 is 0. The summed E-state index contributed by atoms with van der Waals surface area (Å²) in [4.78, 5) is 25.3. The average molecular weight is 381 g/mol. The molecule has 5 heteroatoms. The van der Waals surface area contributed by atoms with Crippen LogP contribution in [0.15, 0.2) is 22.4 Å². The van der Waals surface area contributed by atoms with Crippen molar-refractivity contribution in [2.24, 2.45) is 5.41 Å². The quantitative estimate of drug-likeness (QED) is 0.330. The maximum atomic E-state index is 12.6. The molecule has 0 N–H and O–H groups in total. The SMILES string of the molecule is CC/C=C1\CC(C(=O)OC)(C(=O)OC)C\C1=C(/CC)[Si](CC)(CC)CC. The van der Waals surface area contributed by atoms with Crippen molar-refractivity contribution in [1.29, 1.82) is 0 Å². The van der Waals surface area contributed by atoms with Crippen molar-refractivity contribution in [2.45, 2.75) is 78.4 Å². The van der Waals surface area contributed by atoms with E-state index in [1.807, 2.05) is 0 Å². The zero-order chi connectivity index (χ0) is 20.0. The van der Waals surface area contributed by atoms with Crippen LogP contribution < -0.4 is 0 Å². The Morgan fingerprint density at radius 1 is 0.962 bits per heavy atom. The minimum Gasteiger partial charge on any atom is -0.468 e. The summed E-state index contributed by atoms with van der Waals surface area (Å²) < 4.78 is 10.1. The molecule has 0 atom stereocenters. The van der Waals surface area contributed by atoms with Gasteiger partial charge in [-0.2, -0.15) is 0 Å². The molecule has 0 bridgehead atoms. The van der Waals surface area contributed by atoms with Gasteiger partial charge in [0, 0.05) is 0 Å². The van der Waals surface area contributed by atoms with Gasteiger partial charge in [-0.15, -0.1) is 0 Å². The Morgan fingerprint density at radius 3 is 1.81 bits per heavy atom. The van der Waals surface area contributed by atoms with E-state index in [2.05, 4.69) is 40.7 Å². The molecule has 148 valence electrons. The molecular weight excluding hydrogens is 344 g/mol. The van der Waals surface area contributed by atoms with Gasteiger partial charge in [-0.1, -0.05) is 64.0 Å². The highest BCUT2D eigenvalue weighted by atomic mass is 28.3. The van der Waals surface area contributed by atoms with Crippen LogP contribution in [0.5, 0.6) is 0 Å². The number of carbonyl (C=O) groups excluding carboxylic acids is 2. The molecule has 0 radical (unpaired) electrons. The molecule has 1 fully saturated rings. The van der Waals surface area contributed by atoms with E-state index in [4.69, 9.17) is 9.47 Å². The monoisotopic (exact) mass is 380 g/mol. The van der Waals surface area contributed by atoms with Gasteiger partial charge in [0.25, 0.3) is 0 Å². The fraction of sp³-hybridized carbons (Fsp3) is 0.714. The summed E-state index contributed by atoms with van der Waals surface area (Å²) in [6.07, 6.45) is 4.85. The molecule has 4 nitrogen and oxygen atoms in total. The highest BCUT2D eigenvalue weighted by molar-refractivity contribution is 6.86. The number of allylic oxidation sites excluding steroid dienone is 4. The van der Waals surface area contributed by atoms with E-state index >= 15 is 0 Å². The molecule has 0 spiro atoms. The summed E-state index contributed by atoms with van der Waals surface area (Å²) in [5, 5.41) is 1.53. The van der Waals surface area contributed by atoms with Crippen LogP contribution in [0.25, 0.3) is 0 Å². The van der Waals surface area contributed by atoms with Crippen LogP contribution in [0, 0.1) is 5.41 Å². The molecule has 0 aromatic carbocycles. The van der Waals surface area contributed by atoms with Crippen molar-refractivity contribution >= 4 is 20.0 Å². The molecule has 1 rings (SSSR count). The second-order valence-corrected chi connectivity index (χ2v) is 12.5. The van der Waals surface area contributed by atoms with Crippen LogP contribution in [0.2, 0.25) is 18.1 Å². The van der Waals surface area contributed by atoms with E-state index < -0.39 is 25.4 Å². The molecule has 1 saturated carbocycles. The lowest BCUT2D eigenvalue weighted by atomic mass is 9.85. The van der Waals surface area contributed by atoms with Crippen molar-refractivity contribution in [3.63, 3.8) is 0 Å². The Bertz CT molecular complexity index is 561. The first kappa shape index (κ1) is 22.7. The van der Waals surface area contributed by atoms with Gasteiger partial charge in [-0.25, -0.2) is 0 Å². The number of esters is 2. The number of methoxy groups -OCH3 is 2. The topological polar surface area (TPSA) is 52.6 Å². The first-order valence-corrected chi connectivity index (χ1v) is 12.6. The van der Waals surface area contributed by atoms with Crippen molar-refractivity contribution in [3.8, 4) is 0 Å². The van der Waals surface area contributed by atoms with Crippen LogP contribution >= 0.6 is 0 Å². The number of hydrogen-bond donors (Lipinski definition) is 0. The molecule has 0 aromatic rings. The zero-order valence-corrected chi connectivity index (χ0v) is 18.7. The predicted octanol–water partition coefficient (Wildman–Crippen LogP) is 5.20. The Kier molecular flexibility index (Phi) is 8.32. The second kappa shape index (κ2) is 9.54. The van der Waals surface area contributed by atoms with E-state index in [0.717, 1.165) is 18.4 Å². The summed E-state index contributed by atoms with van der Waals surface area (Å²) in [5.74, 6) is -0.956. The molecular formula is C21H36O4Si. The number of rotatable bonds is 8. The van der Waals surface area contributed by atoms with Gasteiger partial charge >= 0.3 is 11.9 Å². The van der Waals surface area contributed by atoms with E-state index in [0.29, 0.717) is 12.8 Å². The van der Waals surface area contributed by atoms with Gasteiger partial charge in [-0.3, -0.25) is 9.59 Å². The maximum Gasteiger partial charge on any atom is 0.323 e. The summed E-state index contributed by atoms with van der Waals surface area (Å²) in [5.41, 5.74) is 1.16. The fourth-order valence-electron chi connectivity index (χ4n) is 4.71. The van der Waals surface area contributed by atoms with Crippen molar-refractivity contribution < 1.29 is 19.1 Å². The molecule has 0 saturated heterocycles. The van der Waals surface area contributed by atoms with Gasteiger partial charge in [0.2, 0.25) is 0 Å². The number of hydrogen-bond acceptors (Lipinski definition) is 4. The maximum absolute atomic E-state index is 12.6. The van der Waals surface area contributed by atoms with E-state index in [1.165, 1.54) is 43.1 Å². The van der Waals surface area contributed by atoms with Gasteiger partial charge < -0.3 is 9.47 Å². The third-order valence-corrected chi connectivity index (χ3v) is 12.3. The van der Waals surface area contributed by atoms with E-state index in [1.54, 1.807) is 0 Å². The third kappa shape index (κ3) is 3.82. The summed E-state index contributed by atoms with van der Waals surface area (Å²) in [6.45, 7) is 11.2. The van der Waals surface area contributed by atoms with E-state index in [-0.39, 0.29) is 0 Å². The summed E-state index contributed by atoms with van der Waals surface area (Å²) in [7, 11) is 1.10. The summed E-state index contributed by atoms with van der Waals surface area (Å²) in [6, 6.07) is 3.57. The number of carbonyl (C=O) groups is 2. The first-order valence-electron chi connectivity index (χ1n) is 9.94. The van der Waals surface area contributed by atoms with Gasteiger partial charge in [0.05, 0.1) is 22.3 Å². The molecule has 0 heterocycles. The molecule has 0 aromatic heterocycles. The number of ether oxygens (including phenoxy) is 2. The van der Waals surface area contributed by atoms with Crippen LogP contribution in [0.4, 0.5) is 0 Å². The Hall–Kier alpha value is -1.36. The second-order valence-electron chi connectivity index (χ2n) is 7.21. The van der Waals surface area contributed by atoms with Gasteiger partial charge in [0.1, 0.15) is 0 Å². The standard InChI is InChI=1S/C21H36O4Si/c1-8-13-16-14-21(19(22)24-6,20(23)25-7)15-17(16)18(9-2)26(10-3,11-4)12-5/h13H,8-12,14-15H2,1-7H3/b16-13+,18-17-. The normalized spacial score (nSPS) is 20.2. The van der Waals surface area contributed by atoms with Crippen molar-refractivity contribution in [1.82, 2.24) is 0 Å². The van der Waals surface area contributed by atoms with Crippen LogP contribution in [-0.4, -0.2) is 34.2 Å². The first-order chi connectivity index (χ1) is 12.4. The largest absolute Gasteiger partial charge is 0.468 e. The smallest absolute Gasteiger partial charge is 0.323 e. The molecule has 0 aliphatic heterocycles. The third-order valence-electron chi connectivity index (χ3n) is 6.35. The van der Waals surface area contributed by atoms with Gasteiger partial charge in [-0.05, 0) is 36.8 Å². The molecule has 0 amide bonds. The Morgan fingerprint density at radius 2 is 1.46 bits per heavy atom. The highest BCUT2D eigenvalue weighted by Crippen LogP contribution is 2.50. The molecule has 26 heavy (non-hydrogen) atoms. The molecule has 1 aliphatic carbocycles. The lowest BCUT2D eigenvalue weighted by Gasteiger charge is -2.33. The van der Waals surface area contributed by atoms with Crippen LogP contribution in [0.1, 0.15) is 60.3 Å². The molecule has 1 aliphatic rings. The minimum absolute atomic E-state index is 0.390. The lowest BCUT2D eigenvalue weighted by Crippen LogP contribution is -2.39.